The Bertz CT molecular complexity index is 514. The lowest BCUT2D eigenvalue weighted by Crippen LogP contribution is -2.07. The molecule has 0 aliphatic carbocycles. The minimum Gasteiger partial charge on any atom is -0.394 e. The number of aliphatic hydroxyl groups excluding tert-OH is 1. The summed E-state index contributed by atoms with van der Waals surface area (Å²) in [5, 5.41) is 13.4. The van der Waals surface area contributed by atoms with Crippen molar-refractivity contribution in [1.82, 2.24) is 9.78 Å². The van der Waals surface area contributed by atoms with Crippen molar-refractivity contribution in [2.45, 2.75) is 20.4 Å². The Labute approximate surface area is 101 Å². The molecule has 0 aliphatic heterocycles. The number of hydrogen-bond acceptors (Lipinski definition) is 3. The Balaban J connectivity index is 2.45. The summed E-state index contributed by atoms with van der Waals surface area (Å²) >= 11 is 0. The Morgan fingerprint density at radius 3 is 2.47 bits per heavy atom. The van der Waals surface area contributed by atoms with Crippen molar-refractivity contribution in [2.75, 3.05) is 12.3 Å². The second-order valence-corrected chi connectivity index (χ2v) is 4.17. The molecule has 1 aromatic heterocycles. The van der Waals surface area contributed by atoms with Crippen LogP contribution in [0, 0.1) is 13.8 Å². The Kier molecular flexibility index (Phi) is 3.15. The number of aryl methyl sites for hydroxylation is 1. The van der Waals surface area contributed by atoms with Crippen LogP contribution < -0.4 is 5.73 Å². The van der Waals surface area contributed by atoms with Crippen LogP contribution in [0.15, 0.2) is 24.3 Å². The molecule has 0 saturated heterocycles. The van der Waals surface area contributed by atoms with E-state index >= 15 is 0 Å². The van der Waals surface area contributed by atoms with Crippen LogP contribution in [0.1, 0.15) is 11.1 Å². The van der Waals surface area contributed by atoms with E-state index in [4.69, 9.17) is 10.8 Å². The fourth-order valence-corrected chi connectivity index (χ4v) is 1.82. The summed E-state index contributed by atoms with van der Waals surface area (Å²) in [6.45, 7) is 4.47. The van der Waals surface area contributed by atoms with E-state index in [2.05, 4.69) is 24.2 Å². The van der Waals surface area contributed by atoms with Gasteiger partial charge in [0.1, 0.15) is 5.82 Å². The molecule has 4 nitrogen and oxygen atoms in total. The number of benzene rings is 1. The average molecular weight is 231 g/mol. The third-order valence-electron chi connectivity index (χ3n) is 2.88. The molecule has 2 aromatic rings. The molecule has 0 atom stereocenters. The summed E-state index contributed by atoms with van der Waals surface area (Å²) in [5.74, 6) is 0.620. The number of aromatic nitrogens is 2. The maximum atomic E-state index is 8.93. The van der Waals surface area contributed by atoms with E-state index in [9.17, 15) is 0 Å². The van der Waals surface area contributed by atoms with Gasteiger partial charge in [0.05, 0.1) is 18.8 Å². The third kappa shape index (κ3) is 2.17. The molecule has 2 rings (SSSR count). The van der Waals surface area contributed by atoms with Crippen molar-refractivity contribution < 1.29 is 5.11 Å². The molecule has 0 fully saturated rings. The minimum atomic E-state index is 0.0403. The predicted molar refractivity (Wildman–Crippen MR) is 68.6 cm³/mol. The van der Waals surface area contributed by atoms with Crippen molar-refractivity contribution >= 4 is 5.82 Å². The zero-order valence-electron chi connectivity index (χ0n) is 10.1. The SMILES string of the molecule is Cc1ccc(-c2nn(CCO)c(N)c2C)cc1. The van der Waals surface area contributed by atoms with Gasteiger partial charge in [-0.05, 0) is 13.8 Å². The summed E-state index contributed by atoms with van der Waals surface area (Å²) in [4.78, 5) is 0. The number of nitrogens with two attached hydrogens (primary N) is 1. The van der Waals surface area contributed by atoms with Crippen molar-refractivity contribution in [3.63, 3.8) is 0 Å². The molecule has 90 valence electrons. The maximum Gasteiger partial charge on any atom is 0.125 e. The Morgan fingerprint density at radius 1 is 1.24 bits per heavy atom. The van der Waals surface area contributed by atoms with Gasteiger partial charge >= 0.3 is 0 Å². The van der Waals surface area contributed by atoms with Crippen LogP contribution in [-0.2, 0) is 6.54 Å². The highest BCUT2D eigenvalue weighted by molar-refractivity contribution is 5.68. The zero-order chi connectivity index (χ0) is 12.4. The average Bonchev–Trinajstić information content (AvgIpc) is 2.59. The second kappa shape index (κ2) is 4.59. The largest absolute Gasteiger partial charge is 0.394 e. The van der Waals surface area contributed by atoms with Crippen LogP contribution in [0.4, 0.5) is 5.82 Å². The summed E-state index contributed by atoms with van der Waals surface area (Å²) < 4.78 is 1.64. The fourth-order valence-electron chi connectivity index (χ4n) is 1.82. The first-order valence-electron chi connectivity index (χ1n) is 5.64. The van der Waals surface area contributed by atoms with Gasteiger partial charge in [-0.3, -0.25) is 0 Å². The van der Waals surface area contributed by atoms with Crippen LogP contribution in [0.2, 0.25) is 0 Å². The van der Waals surface area contributed by atoms with E-state index in [1.165, 1.54) is 5.56 Å². The first-order valence-corrected chi connectivity index (χ1v) is 5.64. The molecule has 1 aromatic carbocycles. The Morgan fingerprint density at radius 2 is 1.88 bits per heavy atom. The predicted octanol–water partition coefficient (Wildman–Crippen LogP) is 1.74. The number of hydrogen-bond donors (Lipinski definition) is 2. The molecule has 0 bridgehead atoms. The van der Waals surface area contributed by atoms with Crippen LogP contribution in [-0.4, -0.2) is 21.5 Å². The van der Waals surface area contributed by atoms with Crippen molar-refractivity contribution in [1.29, 1.82) is 0 Å². The van der Waals surface area contributed by atoms with Crippen LogP contribution >= 0.6 is 0 Å². The molecule has 0 saturated carbocycles. The molecule has 4 heteroatoms. The number of rotatable bonds is 3. The number of nitrogens with zero attached hydrogens (tertiary/aromatic N) is 2. The van der Waals surface area contributed by atoms with Crippen LogP contribution in [0.25, 0.3) is 11.3 Å². The highest BCUT2D eigenvalue weighted by Gasteiger charge is 2.12. The number of anilines is 1. The topological polar surface area (TPSA) is 64.1 Å². The Hall–Kier alpha value is -1.81. The van der Waals surface area contributed by atoms with Gasteiger partial charge < -0.3 is 10.8 Å². The van der Waals surface area contributed by atoms with Crippen molar-refractivity contribution in [3.05, 3.63) is 35.4 Å². The molecule has 0 aliphatic rings. The molecule has 0 unspecified atom stereocenters. The lowest BCUT2D eigenvalue weighted by Gasteiger charge is -1.99. The first-order chi connectivity index (χ1) is 8.13. The van der Waals surface area contributed by atoms with Crippen molar-refractivity contribution in [2.24, 2.45) is 0 Å². The van der Waals surface area contributed by atoms with E-state index in [1.54, 1.807) is 4.68 Å². The van der Waals surface area contributed by atoms with Crippen molar-refractivity contribution in [3.8, 4) is 11.3 Å². The monoisotopic (exact) mass is 231 g/mol. The van der Waals surface area contributed by atoms with E-state index in [1.807, 2.05) is 19.1 Å². The van der Waals surface area contributed by atoms with Gasteiger partial charge in [-0.15, -0.1) is 0 Å². The van der Waals surface area contributed by atoms with Crippen LogP contribution in [0.3, 0.4) is 0 Å². The van der Waals surface area contributed by atoms with Gasteiger partial charge in [-0.25, -0.2) is 4.68 Å². The lowest BCUT2D eigenvalue weighted by molar-refractivity contribution is 0.270. The molecule has 17 heavy (non-hydrogen) atoms. The number of nitrogen functional groups attached to an aromatic ring is 1. The van der Waals surface area contributed by atoms with E-state index < -0.39 is 0 Å². The normalized spacial score (nSPS) is 10.8. The van der Waals surface area contributed by atoms with E-state index in [0.717, 1.165) is 16.8 Å². The van der Waals surface area contributed by atoms with Gasteiger partial charge in [0.2, 0.25) is 0 Å². The van der Waals surface area contributed by atoms with Gasteiger partial charge in [-0.1, -0.05) is 29.8 Å². The fraction of sp³-hybridized carbons (Fsp3) is 0.308. The quantitative estimate of drug-likeness (QED) is 0.845. The highest BCUT2D eigenvalue weighted by atomic mass is 16.3. The first kappa shape index (κ1) is 11.7. The number of aliphatic hydroxyl groups is 1. The minimum absolute atomic E-state index is 0.0403. The molecule has 0 radical (unpaired) electrons. The molecule has 0 amide bonds. The highest BCUT2D eigenvalue weighted by Crippen LogP contribution is 2.26. The summed E-state index contributed by atoms with van der Waals surface area (Å²) in [6.07, 6.45) is 0. The van der Waals surface area contributed by atoms with Gasteiger partial charge in [-0.2, -0.15) is 5.10 Å². The lowest BCUT2D eigenvalue weighted by atomic mass is 10.1. The van der Waals surface area contributed by atoms with Gasteiger partial charge in [0.15, 0.2) is 0 Å². The van der Waals surface area contributed by atoms with Gasteiger partial charge in [0, 0.05) is 11.1 Å². The molecular weight excluding hydrogens is 214 g/mol. The summed E-state index contributed by atoms with van der Waals surface area (Å²) in [5.41, 5.74) is 10.1. The maximum absolute atomic E-state index is 8.93. The molecule has 1 heterocycles. The standard InChI is InChI=1S/C13H17N3O/c1-9-3-5-11(6-4-9)12-10(2)13(14)16(15-12)7-8-17/h3-6,17H,7-8,14H2,1-2H3. The molecule has 3 N–H and O–H groups in total. The smallest absolute Gasteiger partial charge is 0.125 e. The molecular formula is C13H17N3O. The zero-order valence-corrected chi connectivity index (χ0v) is 10.1. The van der Waals surface area contributed by atoms with E-state index in [-0.39, 0.29) is 6.61 Å². The second-order valence-electron chi connectivity index (χ2n) is 4.17. The third-order valence-corrected chi connectivity index (χ3v) is 2.88. The van der Waals surface area contributed by atoms with Crippen LogP contribution in [0.5, 0.6) is 0 Å². The summed E-state index contributed by atoms with van der Waals surface area (Å²) in [7, 11) is 0. The summed E-state index contributed by atoms with van der Waals surface area (Å²) in [6, 6.07) is 8.17. The van der Waals surface area contributed by atoms with E-state index in [0.29, 0.717) is 12.4 Å². The van der Waals surface area contributed by atoms with Gasteiger partial charge in [0.25, 0.3) is 0 Å². The molecule has 0 spiro atoms.